The van der Waals surface area contributed by atoms with Crippen LogP contribution in [0.3, 0.4) is 0 Å². The van der Waals surface area contributed by atoms with Gasteiger partial charge in [-0.05, 0) is 37.3 Å². The van der Waals surface area contributed by atoms with E-state index in [0.29, 0.717) is 10.2 Å². The van der Waals surface area contributed by atoms with Crippen molar-refractivity contribution in [1.29, 1.82) is 0 Å². The van der Waals surface area contributed by atoms with Gasteiger partial charge in [-0.2, -0.15) is 5.10 Å². The molecule has 1 unspecified atom stereocenters. The zero-order chi connectivity index (χ0) is 23.4. The summed E-state index contributed by atoms with van der Waals surface area (Å²) in [5.41, 5.74) is 0.565. The minimum atomic E-state index is -1.17. The van der Waals surface area contributed by atoms with Gasteiger partial charge in [0, 0.05) is 10.0 Å². The zero-order valence-electron chi connectivity index (χ0n) is 17.4. The molecule has 0 saturated heterocycles. The fraction of sp³-hybridized carbons (Fsp3) is 0.182. The average Bonchev–Trinajstić information content (AvgIpc) is 3.20. The molecule has 0 bridgehead atoms. The van der Waals surface area contributed by atoms with Gasteiger partial charge in [-0.3, -0.25) is 0 Å². The summed E-state index contributed by atoms with van der Waals surface area (Å²) in [6, 6.07) is 13.5. The third-order valence-corrected chi connectivity index (χ3v) is 5.00. The number of methoxy groups -OCH3 is 2. The molecular formula is C22H19BrN2O7. The Bertz CT molecular complexity index is 1170. The summed E-state index contributed by atoms with van der Waals surface area (Å²) in [6.07, 6.45) is -1.17. The third-order valence-electron chi connectivity index (χ3n) is 4.50. The Labute approximate surface area is 191 Å². The van der Waals surface area contributed by atoms with Crippen LogP contribution in [0.1, 0.15) is 27.8 Å². The number of esters is 2. The van der Waals surface area contributed by atoms with Gasteiger partial charge >= 0.3 is 17.9 Å². The number of ether oxygens (including phenoxy) is 3. The lowest BCUT2D eigenvalue weighted by Crippen LogP contribution is -2.23. The molecule has 1 heterocycles. The largest absolute Gasteiger partial charge is 0.479 e. The molecule has 1 atom stereocenters. The third kappa shape index (κ3) is 4.50. The molecule has 166 valence electrons. The van der Waals surface area contributed by atoms with Gasteiger partial charge in [0.25, 0.3) is 0 Å². The lowest BCUT2D eigenvalue weighted by molar-refractivity contribution is -0.144. The highest BCUT2D eigenvalue weighted by Crippen LogP contribution is 2.37. The molecule has 0 fully saturated rings. The minimum Gasteiger partial charge on any atom is -0.479 e. The van der Waals surface area contributed by atoms with Gasteiger partial charge < -0.3 is 19.3 Å². The summed E-state index contributed by atoms with van der Waals surface area (Å²) < 4.78 is 17.3. The van der Waals surface area contributed by atoms with Crippen molar-refractivity contribution in [2.75, 3.05) is 14.2 Å². The highest BCUT2D eigenvalue weighted by molar-refractivity contribution is 9.10. The molecule has 0 aliphatic heterocycles. The molecule has 0 amide bonds. The predicted molar refractivity (Wildman–Crippen MR) is 117 cm³/mol. The summed E-state index contributed by atoms with van der Waals surface area (Å²) in [7, 11) is 2.37. The van der Waals surface area contributed by atoms with Crippen LogP contribution in [0.25, 0.3) is 16.9 Å². The van der Waals surface area contributed by atoms with Gasteiger partial charge in [0.1, 0.15) is 17.0 Å². The van der Waals surface area contributed by atoms with Gasteiger partial charge in [0.05, 0.1) is 19.9 Å². The van der Waals surface area contributed by atoms with Crippen molar-refractivity contribution < 1.29 is 33.7 Å². The van der Waals surface area contributed by atoms with E-state index in [4.69, 9.17) is 14.2 Å². The van der Waals surface area contributed by atoms with Crippen LogP contribution in [0.5, 0.6) is 5.75 Å². The van der Waals surface area contributed by atoms with Crippen LogP contribution in [-0.2, 0) is 14.3 Å². The molecule has 3 rings (SSSR count). The first-order valence-electron chi connectivity index (χ1n) is 9.33. The topological polar surface area (TPSA) is 117 Å². The van der Waals surface area contributed by atoms with Crippen LogP contribution in [0.4, 0.5) is 0 Å². The maximum absolute atomic E-state index is 12.8. The number of rotatable bonds is 7. The van der Waals surface area contributed by atoms with E-state index in [2.05, 4.69) is 21.0 Å². The average molecular weight is 503 g/mol. The van der Waals surface area contributed by atoms with E-state index < -0.39 is 24.0 Å². The van der Waals surface area contributed by atoms with E-state index in [1.54, 1.807) is 48.5 Å². The molecule has 0 saturated carbocycles. The number of carboxylic acids is 1. The van der Waals surface area contributed by atoms with E-state index in [1.807, 2.05) is 0 Å². The smallest absolute Gasteiger partial charge is 0.357 e. The van der Waals surface area contributed by atoms with E-state index in [1.165, 1.54) is 25.8 Å². The number of benzene rings is 2. The molecule has 9 nitrogen and oxygen atoms in total. The number of aromatic nitrogens is 2. The van der Waals surface area contributed by atoms with E-state index in [9.17, 15) is 19.5 Å². The fourth-order valence-corrected chi connectivity index (χ4v) is 3.34. The van der Waals surface area contributed by atoms with Crippen molar-refractivity contribution >= 4 is 33.8 Å². The minimum absolute atomic E-state index is 0.0648. The molecule has 32 heavy (non-hydrogen) atoms. The molecule has 0 aliphatic carbocycles. The van der Waals surface area contributed by atoms with Gasteiger partial charge in [-0.25, -0.2) is 19.1 Å². The first kappa shape index (κ1) is 23.0. The summed E-state index contributed by atoms with van der Waals surface area (Å²) >= 11 is 3.37. The number of carbonyl (C=O) groups is 3. The number of carboxylic acid groups (broad SMARTS) is 1. The summed E-state index contributed by atoms with van der Waals surface area (Å²) in [5.74, 6) is -2.64. The standard InChI is InChI=1S/C22H19BrN2O7/c1-12(20(26)27)32-16-10-9-13(23)11-15(16)18-17(21(28)30-2)19(22(29)31-3)25(24-18)14-7-5-4-6-8-14/h4-12H,1-3H3,(H,26,27). The predicted octanol–water partition coefficient (Wildman–Crippen LogP) is 3.73. The Morgan fingerprint density at radius 2 is 1.69 bits per heavy atom. The summed E-state index contributed by atoms with van der Waals surface area (Å²) in [5, 5.41) is 13.8. The van der Waals surface area contributed by atoms with Gasteiger partial charge in [-0.15, -0.1) is 0 Å². The van der Waals surface area contributed by atoms with Gasteiger partial charge in [0.15, 0.2) is 11.8 Å². The van der Waals surface area contributed by atoms with Crippen LogP contribution >= 0.6 is 15.9 Å². The van der Waals surface area contributed by atoms with Gasteiger partial charge in [-0.1, -0.05) is 34.1 Å². The first-order valence-corrected chi connectivity index (χ1v) is 10.1. The quantitative estimate of drug-likeness (QED) is 0.485. The van der Waals surface area contributed by atoms with Crippen molar-refractivity contribution in [3.8, 4) is 22.7 Å². The van der Waals surface area contributed by atoms with Crippen molar-refractivity contribution in [3.63, 3.8) is 0 Å². The molecule has 0 spiro atoms. The van der Waals surface area contributed by atoms with Crippen molar-refractivity contribution in [2.45, 2.75) is 13.0 Å². The number of hydrogen-bond donors (Lipinski definition) is 1. The molecule has 0 aliphatic rings. The maximum Gasteiger partial charge on any atom is 0.357 e. The van der Waals surface area contributed by atoms with E-state index in [0.717, 1.165) is 0 Å². The van der Waals surface area contributed by atoms with Crippen LogP contribution in [0.15, 0.2) is 53.0 Å². The second kappa shape index (κ2) is 9.65. The number of hydrogen-bond acceptors (Lipinski definition) is 7. The van der Waals surface area contributed by atoms with Crippen LogP contribution in [0.2, 0.25) is 0 Å². The summed E-state index contributed by atoms with van der Waals surface area (Å²) in [6.45, 7) is 1.37. The molecule has 10 heteroatoms. The van der Waals surface area contributed by atoms with E-state index in [-0.39, 0.29) is 28.3 Å². The number of aliphatic carboxylic acids is 1. The highest BCUT2D eigenvalue weighted by atomic mass is 79.9. The second-order valence-corrected chi connectivity index (χ2v) is 7.46. The number of nitrogens with zero attached hydrogens (tertiary/aromatic N) is 2. The van der Waals surface area contributed by atoms with Crippen molar-refractivity contribution in [2.24, 2.45) is 0 Å². The Morgan fingerprint density at radius 1 is 1.03 bits per heavy atom. The fourth-order valence-electron chi connectivity index (χ4n) is 2.97. The Kier molecular flexibility index (Phi) is 6.94. The Balaban J connectivity index is 2.36. The SMILES string of the molecule is COC(=O)c1c(-c2cc(Br)ccc2OC(C)C(=O)O)nn(-c2ccccc2)c1C(=O)OC. The number of carbonyl (C=O) groups excluding carboxylic acids is 2. The molecular weight excluding hydrogens is 484 g/mol. The monoisotopic (exact) mass is 502 g/mol. The highest BCUT2D eigenvalue weighted by Gasteiger charge is 2.33. The Hall–Kier alpha value is -3.66. The number of para-hydroxylation sites is 1. The lowest BCUT2D eigenvalue weighted by Gasteiger charge is -2.14. The van der Waals surface area contributed by atoms with Crippen LogP contribution in [-0.4, -0.2) is 53.1 Å². The van der Waals surface area contributed by atoms with Crippen molar-refractivity contribution in [1.82, 2.24) is 9.78 Å². The normalized spacial score (nSPS) is 11.5. The second-order valence-electron chi connectivity index (χ2n) is 6.54. The van der Waals surface area contributed by atoms with Gasteiger partial charge in [0.2, 0.25) is 0 Å². The van der Waals surface area contributed by atoms with Crippen molar-refractivity contribution in [3.05, 3.63) is 64.3 Å². The van der Waals surface area contributed by atoms with Crippen LogP contribution < -0.4 is 4.74 Å². The molecule has 3 aromatic rings. The first-order chi connectivity index (χ1) is 15.3. The maximum atomic E-state index is 12.8. The molecule has 2 aromatic carbocycles. The molecule has 0 radical (unpaired) electrons. The Morgan fingerprint density at radius 3 is 2.28 bits per heavy atom. The lowest BCUT2D eigenvalue weighted by atomic mass is 10.0. The summed E-state index contributed by atoms with van der Waals surface area (Å²) in [4.78, 5) is 36.8. The molecule has 1 N–H and O–H groups in total. The van der Waals surface area contributed by atoms with Crippen LogP contribution in [0, 0.1) is 0 Å². The van der Waals surface area contributed by atoms with E-state index >= 15 is 0 Å². The number of halogens is 1. The molecule has 1 aromatic heterocycles. The zero-order valence-corrected chi connectivity index (χ0v) is 19.0.